The van der Waals surface area contributed by atoms with Crippen molar-refractivity contribution in [2.24, 2.45) is 0 Å². The number of sulfonamides is 1. The topological polar surface area (TPSA) is 129 Å². The zero-order valence-electron chi connectivity index (χ0n) is 21.0. The van der Waals surface area contributed by atoms with Crippen LogP contribution in [0.1, 0.15) is 16.1 Å². The summed E-state index contributed by atoms with van der Waals surface area (Å²) in [4.78, 5) is 32.8. The first kappa shape index (κ1) is 27.4. The number of hydrogen-bond donors (Lipinski definition) is 2. The van der Waals surface area contributed by atoms with E-state index in [0.717, 1.165) is 0 Å². The maximum absolute atomic E-state index is 13.2. The van der Waals surface area contributed by atoms with Crippen molar-refractivity contribution in [1.82, 2.24) is 28.5 Å². The van der Waals surface area contributed by atoms with Gasteiger partial charge in [0.05, 0.1) is 27.3 Å². The van der Waals surface area contributed by atoms with Gasteiger partial charge < -0.3 is 15.0 Å². The highest BCUT2D eigenvalue weighted by atomic mass is 35.5. The molecule has 3 heterocycles. The molecule has 1 aliphatic heterocycles. The molecule has 0 bridgehead atoms. The predicted molar refractivity (Wildman–Crippen MR) is 149 cm³/mol. The molecule has 2 aromatic heterocycles. The molecule has 14 heteroatoms. The lowest BCUT2D eigenvalue weighted by atomic mass is 10.2. The number of aromatic nitrogens is 3. The van der Waals surface area contributed by atoms with E-state index in [1.165, 1.54) is 15.0 Å². The number of fused-ring (bicyclic) bond motifs is 3. The predicted octanol–water partition coefficient (Wildman–Crippen LogP) is 2.17. The second-order valence-corrected chi connectivity index (χ2v) is 12.1. The lowest BCUT2D eigenvalue weighted by Gasteiger charge is -2.33. The molecule has 2 N–H and O–H groups in total. The third-order valence-corrected chi connectivity index (χ3v) is 8.83. The summed E-state index contributed by atoms with van der Waals surface area (Å²) in [6.07, 6.45) is 1.21. The Kier molecular flexibility index (Phi) is 7.57. The fourth-order valence-corrected chi connectivity index (χ4v) is 5.86. The molecule has 1 fully saturated rings. The van der Waals surface area contributed by atoms with E-state index in [-0.39, 0.29) is 18.0 Å². The highest BCUT2D eigenvalue weighted by Gasteiger charge is 2.25. The first-order chi connectivity index (χ1) is 18.5. The number of hydrogen-bond acceptors (Lipinski definition) is 7. The third kappa shape index (κ3) is 5.48. The van der Waals surface area contributed by atoms with Gasteiger partial charge in [0, 0.05) is 45.8 Å². The van der Waals surface area contributed by atoms with Gasteiger partial charge in [-0.15, -0.1) is 0 Å². The van der Waals surface area contributed by atoms with Crippen LogP contribution in [-0.2, 0) is 23.1 Å². The van der Waals surface area contributed by atoms with Gasteiger partial charge in [0.1, 0.15) is 0 Å². The zero-order valence-corrected chi connectivity index (χ0v) is 23.3. The number of imidazole rings is 1. The molecular formula is C25H26Cl2N6O5S. The fraction of sp³-hybridized carbons (Fsp3) is 0.320. The molecule has 1 saturated heterocycles. The van der Waals surface area contributed by atoms with Crippen LogP contribution in [0.3, 0.4) is 0 Å². The molecule has 5 rings (SSSR count). The summed E-state index contributed by atoms with van der Waals surface area (Å²) in [5, 5.41) is 14.1. The van der Waals surface area contributed by atoms with E-state index in [9.17, 15) is 23.1 Å². The summed E-state index contributed by atoms with van der Waals surface area (Å²) < 4.78 is 28.2. The van der Waals surface area contributed by atoms with Crippen molar-refractivity contribution in [2.45, 2.75) is 13.1 Å². The molecule has 0 radical (unpaired) electrons. The van der Waals surface area contributed by atoms with Gasteiger partial charge in [-0.2, -0.15) is 4.31 Å². The third-order valence-electron chi connectivity index (χ3n) is 6.79. The highest BCUT2D eigenvalue weighted by Crippen LogP contribution is 2.24. The van der Waals surface area contributed by atoms with Crippen molar-refractivity contribution >= 4 is 55.9 Å². The number of para-hydroxylation sites is 2. The zero-order chi connectivity index (χ0) is 27.9. The molecule has 2 aromatic carbocycles. The molecule has 206 valence electrons. The Bertz CT molecular complexity index is 1750. The molecule has 0 atom stereocenters. The SMILES string of the molecule is CS(=O)(=O)N1CCN(CCn2c3ccccc3n3c(=O)c(O)c(C(=O)NCc4ccc(Cl)c(Cl)c4)nc23)CC1. The number of amides is 1. The van der Waals surface area contributed by atoms with Gasteiger partial charge in [0.25, 0.3) is 5.91 Å². The first-order valence-corrected chi connectivity index (χ1v) is 14.8. The summed E-state index contributed by atoms with van der Waals surface area (Å²) >= 11 is 12.0. The van der Waals surface area contributed by atoms with Crippen LogP contribution in [0.15, 0.2) is 47.3 Å². The summed E-state index contributed by atoms with van der Waals surface area (Å²) in [6, 6.07) is 12.1. The van der Waals surface area contributed by atoms with Crippen molar-refractivity contribution in [1.29, 1.82) is 0 Å². The minimum absolute atomic E-state index is 0.0820. The number of benzene rings is 2. The second-order valence-electron chi connectivity index (χ2n) is 9.32. The van der Waals surface area contributed by atoms with Crippen molar-refractivity contribution in [2.75, 3.05) is 39.0 Å². The van der Waals surface area contributed by atoms with Gasteiger partial charge in [-0.25, -0.2) is 17.8 Å². The first-order valence-electron chi connectivity index (χ1n) is 12.2. The molecule has 0 aliphatic carbocycles. The van der Waals surface area contributed by atoms with E-state index in [0.29, 0.717) is 65.9 Å². The summed E-state index contributed by atoms with van der Waals surface area (Å²) in [6.45, 7) is 3.03. The second kappa shape index (κ2) is 10.8. The van der Waals surface area contributed by atoms with Gasteiger partial charge in [0.15, 0.2) is 5.69 Å². The van der Waals surface area contributed by atoms with Crippen molar-refractivity contribution in [3.05, 3.63) is 74.1 Å². The van der Waals surface area contributed by atoms with Crippen LogP contribution < -0.4 is 10.9 Å². The Morgan fingerprint density at radius 1 is 1.03 bits per heavy atom. The summed E-state index contributed by atoms with van der Waals surface area (Å²) in [5.41, 5.74) is 0.803. The average Bonchev–Trinajstić information content (AvgIpc) is 3.23. The lowest BCUT2D eigenvalue weighted by Crippen LogP contribution is -2.48. The quantitative estimate of drug-likeness (QED) is 0.336. The van der Waals surface area contributed by atoms with E-state index in [4.69, 9.17) is 23.2 Å². The standard InChI is InChI=1S/C25H26Cl2N6O5S/c1-39(37,38)31-11-8-30(9-12-31)10-13-32-19-4-2-3-5-20(19)33-24(36)22(34)21(29-25(32)33)23(35)28-15-16-6-7-17(26)18(27)14-16/h2-7,14,34H,8-13,15H2,1H3,(H,28,35). The molecule has 0 saturated carbocycles. The number of nitrogens with zero attached hydrogens (tertiary/aromatic N) is 5. The van der Waals surface area contributed by atoms with E-state index in [1.807, 2.05) is 16.7 Å². The largest absolute Gasteiger partial charge is 0.501 e. The van der Waals surface area contributed by atoms with Crippen LogP contribution >= 0.6 is 23.2 Å². The molecule has 0 spiro atoms. The summed E-state index contributed by atoms with van der Waals surface area (Å²) in [7, 11) is -3.23. The van der Waals surface area contributed by atoms with Crippen molar-refractivity contribution in [3.63, 3.8) is 0 Å². The Morgan fingerprint density at radius 2 is 1.72 bits per heavy atom. The molecule has 39 heavy (non-hydrogen) atoms. The Morgan fingerprint density at radius 3 is 2.38 bits per heavy atom. The van der Waals surface area contributed by atoms with Crippen LogP contribution in [0.4, 0.5) is 0 Å². The number of rotatable bonds is 7. The Labute approximate surface area is 234 Å². The number of carbonyl (C=O) groups is 1. The van der Waals surface area contributed by atoms with Crippen LogP contribution in [0, 0.1) is 0 Å². The van der Waals surface area contributed by atoms with Crippen LogP contribution in [-0.4, -0.2) is 81.6 Å². The van der Waals surface area contributed by atoms with Gasteiger partial charge in [-0.05, 0) is 29.8 Å². The van der Waals surface area contributed by atoms with Gasteiger partial charge >= 0.3 is 5.56 Å². The molecular weight excluding hydrogens is 567 g/mol. The van der Waals surface area contributed by atoms with Gasteiger partial charge in [0.2, 0.25) is 21.6 Å². The van der Waals surface area contributed by atoms with E-state index >= 15 is 0 Å². The smallest absolute Gasteiger partial charge is 0.302 e. The molecule has 4 aromatic rings. The van der Waals surface area contributed by atoms with Gasteiger partial charge in [-0.1, -0.05) is 41.4 Å². The lowest BCUT2D eigenvalue weighted by molar-refractivity contribution is 0.0942. The highest BCUT2D eigenvalue weighted by molar-refractivity contribution is 7.88. The number of piperazine rings is 1. The average molecular weight is 593 g/mol. The maximum atomic E-state index is 13.2. The van der Waals surface area contributed by atoms with E-state index < -0.39 is 27.2 Å². The summed E-state index contributed by atoms with van der Waals surface area (Å²) in [5.74, 6) is -1.25. The minimum Gasteiger partial charge on any atom is -0.501 e. The number of halogens is 2. The van der Waals surface area contributed by atoms with Gasteiger partial charge in [-0.3, -0.25) is 14.5 Å². The number of nitrogens with one attached hydrogen (secondary N) is 1. The normalized spacial score (nSPS) is 15.3. The van der Waals surface area contributed by atoms with E-state index in [2.05, 4.69) is 15.2 Å². The molecule has 11 nitrogen and oxygen atoms in total. The maximum Gasteiger partial charge on any atom is 0.302 e. The fourth-order valence-electron chi connectivity index (χ4n) is 4.71. The minimum atomic E-state index is -3.23. The van der Waals surface area contributed by atoms with Crippen LogP contribution in [0.2, 0.25) is 10.0 Å². The number of carbonyl (C=O) groups excluding carboxylic acids is 1. The Hall–Kier alpha value is -3.16. The number of aromatic hydroxyl groups is 1. The molecule has 1 aliphatic rings. The molecule has 0 unspecified atom stereocenters. The molecule has 1 amide bonds. The van der Waals surface area contributed by atoms with E-state index in [1.54, 1.807) is 30.3 Å². The van der Waals surface area contributed by atoms with Crippen LogP contribution in [0.5, 0.6) is 5.75 Å². The van der Waals surface area contributed by atoms with Crippen LogP contribution in [0.25, 0.3) is 16.8 Å². The van der Waals surface area contributed by atoms with Crippen molar-refractivity contribution < 1.29 is 18.3 Å². The van der Waals surface area contributed by atoms with Crippen molar-refractivity contribution in [3.8, 4) is 5.75 Å². The monoisotopic (exact) mass is 592 g/mol. The Balaban J connectivity index is 1.44.